The molecule has 1 aromatic heterocycles. The average molecular weight is 502 g/mol. The van der Waals surface area contributed by atoms with Gasteiger partial charge in [-0.3, -0.25) is 0 Å². The number of benzene rings is 1. The van der Waals surface area contributed by atoms with Crippen LogP contribution in [-0.4, -0.2) is 73.3 Å². The Morgan fingerprint density at radius 2 is 2.05 bits per heavy atom. The van der Waals surface area contributed by atoms with Crippen molar-refractivity contribution in [3.8, 4) is 12.1 Å². The fraction of sp³-hybridized carbons (Fsp3) is 0.621. The molecular weight excluding hydrogens is 462 g/mol. The van der Waals surface area contributed by atoms with Crippen molar-refractivity contribution in [2.45, 2.75) is 70.0 Å². The minimum absolute atomic E-state index is 0.161. The fourth-order valence-electron chi connectivity index (χ4n) is 6.72. The van der Waals surface area contributed by atoms with Crippen LogP contribution in [0.3, 0.4) is 0 Å². The number of hydrogen-bond donors (Lipinski definition) is 1. The van der Waals surface area contributed by atoms with Gasteiger partial charge in [0.2, 0.25) is 0 Å². The maximum Gasteiger partial charge on any atom is 0.318 e. The third kappa shape index (κ3) is 4.87. The van der Waals surface area contributed by atoms with Gasteiger partial charge in [-0.05, 0) is 68.8 Å². The molecule has 1 aromatic carbocycles. The van der Waals surface area contributed by atoms with Gasteiger partial charge in [0.1, 0.15) is 12.4 Å². The Labute approximate surface area is 220 Å². The molecule has 8 heteroatoms. The molecule has 37 heavy (non-hydrogen) atoms. The summed E-state index contributed by atoms with van der Waals surface area (Å²) in [5, 5.41) is 12.8. The van der Waals surface area contributed by atoms with Crippen LogP contribution in [0.1, 0.15) is 60.9 Å². The number of anilines is 2. The third-order valence-electron chi connectivity index (χ3n) is 8.85. The molecule has 1 aliphatic carbocycles. The van der Waals surface area contributed by atoms with E-state index in [1.165, 1.54) is 41.6 Å². The molecule has 0 saturated carbocycles. The van der Waals surface area contributed by atoms with Gasteiger partial charge >= 0.3 is 6.01 Å². The molecule has 1 N–H and O–H groups in total. The second-order valence-corrected chi connectivity index (χ2v) is 11.3. The summed E-state index contributed by atoms with van der Waals surface area (Å²) in [5.74, 6) is 1.62. The van der Waals surface area contributed by atoms with Gasteiger partial charge in [0, 0.05) is 49.5 Å². The van der Waals surface area contributed by atoms with E-state index in [0.29, 0.717) is 31.0 Å². The van der Waals surface area contributed by atoms with Crippen molar-refractivity contribution in [3.05, 3.63) is 40.6 Å². The van der Waals surface area contributed by atoms with Crippen LogP contribution in [-0.2, 0) is 19.4 Å². The van der Waals surface area contributed by atoms with E-state index < -0.39 is 0 Å². The quantitative estimate of drug-likeness (QED) is 0.646. The molecule has 2 aromatic rings. The lowest BCUT2D eigenvalue weighted by atomic mass is 9.97. The Bertz CT molecular complexity index is 1180. The maximum atomic E-state index is 9.27. The van der Waals surface area contributed by atoms with Crippen molar-refractivity contribution in [3.63, 3.8) is 0 Å². The summed E-state index contributed by atoms with van der Waals surface area (Å²) in [6.07, 6.45) is 6.22. The highest BCUT2D eigenvalue weighted by Crippen LogP contribution is 2.41. The maximum absolute atomic E-state index is 9.27. The van der Waals surface area contributed by atoms with Gasteiger partial charge in [-0.15, -0.1) is 0 Å². The van der Waals surface area contributed by atoms with Crippen LogP contribution in [0.2, 0.25) is 0 Å². The van der Waals surface area contributed by atoms with Crippen LogP contribution < -0.4 is 19.9 Å². The van der Waals surface area contributed by atoms with Gasteiger partial charge in [-0.25, -0.2) is 0 Å². The van der Waals surface area contributed by atoms with Crippen molar-refractivity contribution >= 4 is 11.5 Å². The molecule has 0 spiro atoms. The molecule has 4 aliphatic rings. The lowest BCUT2D eigenvalue weighted by Gasteiger charge is -2.38. The number of nitrogens with one attached hydrogen (secondary N) is 1. The number of ether oxygens (including phenoxy) is 1. The van der Waals surface area contributed by atoms with E-state index in [1.807, 2.05) is 0 Å². The molecule has 2 saturated heterocycles. The molecule has 1 unspecified atom stereocenters. The van der Waals surface area contributed by atoms with E-state index in [0.717, 1.165) is 63.6 Å². The number of aryl methyl sites for hydroxylation is 1. The first kappa shape index (κ1) is 24.4. The summed E-state index contributed by atoms with van der Waals surface area (Å²) in [6.45, 7) is 8.38. The summed E-state index contributed by atoms with van der Waals surface area (Å²) >= 11 is 0. The highest BCUT2D eigenvalue weighted by atomic mass is 16.5. The number of piperazine rings is 1. The Hall–Kier alpha value is -2.89. The average Bonchev–Trinajstić information content (AvgIpc) is 3.51. The van der Waals surface area contributed by atoms with Crippen molar-refractivity contribution in [1.82, 2.24) is 20.2 Å². The minimum atomic E-state index is 0.161. The predicted molar refractivity (Wildman–Crippen MR) is 145 cm³/mol. The highest BCUT2D eigenvalue weighted by molar-refractivity contribution is 5.62. The molecule has 2 fully saturated rings. The van der Waals surface area contributed by atoms with Crippen molar-refractivity contribution in [2.75, 3.05) is 56.2 Å². The molecule has 196 valence electrons. The van der Waals surface area contributed by atoms with Gasteiger partial charge in [0.15, 0.2) is 0 Å². The monoisotopic (exact) mass is 501 g/mol. The van der Waals surface area contributed by atoms with Crippen molar-refractivity contribution < 1.29 is 4.74 Å². The number of nitriles is 1. The summed E-state index contributed by atoms with van der Waals surface area (Å²) in [4.78, 5) is 17.3. The van der Waals surface area contributed by atoms with E-state index in [1.54, 1.807) is 0 Å². The van der Waals surface area contributed by atoms with E-state index in [4.69, 9.17) is 14.7 Å². The Morgan fingerprint density at radius 3 is 2.89 bits per heavy atom. The number of rotatable bonds is 6. The number of aromatic nitrogens is 2. The summed E-state index contributed by atoms with van der Waals surface area (Å²) in [6, 6.07) is 10.2. The molecule has 0 amide bonds. The SMILES string of the molecule is CC1CCc2cccc(N3CCc4c(nc(OC[C@@H]5CCCN5C)nc4N4CCN[C@@H](CC#N)C4)C3)c21. The summed E-state index contributed by atoms with van der Waals surface area (Å²) in [5.41, 5.74) is 6.75. The lowest BCUT2D eigenvalue weighted by Crippen LogP contribution is -2.51. The zero-order valence-electron chi connectivity index (χ0n) is 22.2. The van der Waals surface area contributed by atoms with E-state index in [2.05, 4.69) is 58.3 Å². The molecule has 8 nitrogen and oxygen atoms in total. The zero-order chi connectivity index (χ0) is 25.4. The second-order valence-electron chi connectivity index (χ2n) is 11.3. The van der Waals surface area contributed by atoms with Crippen LogP contribution in [0.15, 0.2) is 18.2 Å². The topological polar surface area (TPSA) is 80.6 Å². The van der Waals surface area contributed by atoms with Crippen LogP contribution in [0.25, 0.3) is 0 Å². The molecule has 0 radical (unpaired) electrons. The molecule has 0 bridgehead atoms. The van der Waals surface area contributed by atoms with Crippen LogP contribution in [0.4, 0.5) is 11.5 Å². The van der Waals surface area contributed by atoms with Gasteiger partial charge in [0.25, 0.3) is 0 Å². The standard InChI is InChI=1S/C29H39N7O/c1-20-8-9-21-5-3-7-26(27(20)21)35-15-11-24-25(18-35)32-29(37-19-23-6-4-14-34(23)2)33-28(24)36-16-13-31-22(17-36)10-12-30/h3,5,7,20,22-23,31H,4,6,8-11,13-19H2,1-2H3/t20?,22-,23-/m0/s1. The number of likely N-dealkylation sites (tertiary alicyclic amines) is 1. The zero-order valence-corrected chi connectivity index (χ0v) is 22.2. The first-order chi connectivity index (χ1) is 18.1. The summed E-state index contributed by atoms with van der Waals surface area (Å²) in [7, 11) is 2.17. The van der Waals surface area contributed by atoms with Gasteiger partial charge in [-0.2, -0.15) is 15.2 Å². The minimum Gasteiger partial charge on any atom is -0.462 e. The first-order valence-corrected chi connectivity index (χ1v) is 14.1. The van der Waals surface area contributed by atoms with Crippen LogP contribution in [0, 0.1) is 11.3 Å². The number of likely N-dealkylation sites (N-methyl/N-ethyl adjacent to an activating group) is 1. The van der Waals surface area contributed by atoms with Crippen molar-refractivity contribution in [2.24, 2.45) is 0 Å². The first-order valence-electron chi connectivity index (χ1n) is 14.1. The van der Waals surface area contributed by atoms with E-state index in [-0.39, 0.29) is 6.04 Å². The van der Waals surface area contributed by atoms with Crippen molar-refractivity contribution in [1.29, 1.82) is 5.26 Å². The normalized spacial score (nSPS) is 25.6. The van der Waals surface area contributed by atoms with E-state index >= 15 is 0 Å². The molecule has 3 atom stereocenters. The number of hydrogen-bond acceptors (Lipinski definition) is 8. The fourth-order valence-corrected chi connectivity index (χ4v) is 6.72. The highest BCUT2D eigenvalue weighted by Gasteiger charge is 2.31. The van der Waals surface area contributed by atoms with Gasteiger partial charge in [-0.1, -0.05) is 19.1 Å². The Morgan fingerprint density at radius 1 is 1.14 bits per heavy atom. The Balaban J connectivity index is 1.31. The lowest BCUT2D eigenvalue weighted by molar-refractivity contribution is 0.187. The number of nitrogens with zero attached hydrogens (tertiary/aromatic N) is 6. The largest absolute Gasteiger partial charge is 0.462 e. The summed E-state index contributed by atoms with van der Waals surface area (Å²) < 4.78 is 6.29. The third-order valence-corrected chi connectivity index (χ3v) is 8.85. The molecule has 3 aliphatic heterocycles. The number of fused-ring (bicyclic) bond motifs is 2. The predicted octanol–water partition coefficient (Wildman–Crippen LogP) is 3.25. The molecule has 6 rings (SSSR count). The second kappa shape index (κ2) is 10.5. The Kier molecular flexibility index (Phi) is 6.92. The van der Waals surface area contributed by atoms with Gasteiger partial charge in [0.05, 0.1) is 24.7 Å². The van der Waals surface area contributed by atoms with Crippen LogP contribution >= 0.6 is 0 Å². The molecular formula is C29H39N7O. The van der Waals surface area contributed by atoms with Gasteiger partial charge < -0.3 is 24.8 Å². The smallest absolute Gasteiger partial charge is 0.318 e. The van der Waals surface area contributed by atoms with E-state index in [9.17, 15) is 5.26 Å². The van der Waals surface area contributed by atoms with Crippen LogP contribution in [0.5, 0.6) is 6.01 Å². The molecule has 4 heterocycles.